The number of hydrogen-bond donors (Lipinski definition) is 3. The fourth-order valence-corrected chi connectivity index (χ4v) is 3.67. The Kier molecular flexibility index (Phi) is 18.6. The topological polar surface area (TPSA) is 163 Å². The molecule has 0 heterocycles. The molecule has 0 atom stereocenters. The van der Waals surface area contributed by atoms with Crippen LogP contribution in [0.2, 0.25) is 0 Å². The average Bonchev–Trinajstić information content (AvgIpc) is 1.92. The quantitative estimate of drug-likeness (QED) is 0.286. The van der Waals surface area contributed by atoms with Gasteiger partial charge in [0.1, 0.15) is 0 Å². The molecule has 9 nitrogen and oxygen atoms in total. The van der Waals surface area contributed by atoms with Crippen LogP contribution in [0, 0.1) is 5.92 Å². The van der Waals surface area contributed by atoms with Crippen LogP contribution < -0.4 is 88.7 Å². The molecular formula is C5H15Na3O9S3. The molecule has 0 aliphatic heterocycles. The molecule has 0 spiro atoms. The zero-order valence-electron chi connectivity index (χ0n) is 14.4. The molecule has 0 bridgehead atoms. The zero-order valence-corrected chi connectivity index (χ0v) is 19.9. The van der Waals surface area contributed by atoms with Crippen LogP contribution in [0.25, 0.3) is 0 Å². The van der Waals surface area contributed by atoms with Gasteiger partial charge in [0.25, 0.3) is 30.4 Å². The van der Waals surface area contributed by atoms with Crippen LogP contribution in [0.3, 0.4) is 0 Å². The van der Waals surface area contributed by atoms with Gasteiger partial charge in [-0.05, 0) is 12.3 Å². The number of hydrogen-bond acceptors (Lipinski definition) is 6. The Morgan fingerprint density at radius 2 is 1.00 bits per heavy atom. The summed E-state index contributed by atoms with van der Waals surface area (Å²) < 4.78 is 88.3. The van der Waals surface area contributed by atoms with Crippen molar-refractivity contribution < 1.29 is 132 Å². The van der Waals surface area contributed by atoms with Gasteiger partial charge in [-0.3, -0.25) is 13.7 Å². The maximum atomic E-state index is 10.5. The predicted octanol–water partition coefficient (Wildman–Crippen LogP) is -9.99. The smallest absolute Gasteiger partial charge is 1.00 e. The van der Waals surface area contributed by atoms with E-state index in [1.807, 2.05) is 0 Å². The Bertz CT molecular complexity index is 530. The van der Waals surface area contributed by atoms with Crippen LogP contribution in [0.15, 0.2) is 0 Å². The molecule has 3 N–H and O–H groups in total. The summed E-state index contributed by atoms with van der Waals surface area (Å²) in [6.45, 7) is 0. The molecular weight excluding hydrogens is 369 g/mol. The standard InChI is InChI=1S/C5H12O9S3.3Na.3H/c6-15(7,8)2-1-5(3-16(9,10)11)4-17(12,13)14;;;;;;/h5H,1-4H2,(H,6,7,8)(H,9,10,11)(H,12,13,14);;;;;;/q;3*+1;3*-1. The van der Waals surface area contributed by atoms with E-state index < -0.39 is 60.0 Å². The third-order valence-corrected chi connectivity index (χ3v) is 4.21. The van der Waals surface area contributed by atoms with Crippen molar-refractivity contribution in [3.05, 3.63) is 0 Å². The van der Waals surface area contributed by atoms with Gasteiger partial charge in [0.05, 0.1) is 17.3 Å². The van der Waals surface area contributed by atoms with E-state index in [2.05, 4.69) is 0 Å². The molecule has 0 fully saturated rings. The van der Waals surface area contributed by atoms with Gasteiger partial charge in [-0.15, -0.1) is 0 Å². The molecule has 20 heavy (non-hydrogen) atoms. The Morgan fingerprint density at radius 1 is 0.700 bits per heavy atom. The van der Waals surface area contributed by atoms with Crippen molar-refractivity contribution in [1.29, 1.82) is 0 Å². The maximum absolute atomic E-state index is 10.5. The molecule has 0 saturated carbocycles. The first-order chi connectivity index (χ1) is 7.29. The van der Waals surface area contributed by atoms with E-state index in [1.54, 1.807) is 0 Å². The number of rotatable bonds is 7. The van der Waals surface area contributed by atoms with E-state index in [4.69, 9.17) is 13.7 Å². The summed E-state index contributed by atoms with van der Waals surface area (Å²) in [5, 5.41) is 0. The molecule has 0 aromatic carbocycles. The molecule has 0 unspecified atom stereocenters. The zero-order chi connectivity index (χ0) is 13.9. The largest absolute Gasteiger partial charge is 1.00 e. The second kappa shape index (κ2) is 12.1. The molecule has 0 saturated heterocycles. The molecule has 0 amide bonds. The summed E-state index contributed by atoms with van der Waals surface area (Å²) >= 11 is 0. The minimum atomic E-state index is -4.52. The van der Waals surface area contributed by atoms with Crippen molar-refractivity contribution >= 4 is 30.4 Å². The monoisotopic (exact) mass is 384 g/mol. The first-order valence-electron chi connectivity index (χ1n) is 4.14. The second-order valence-electron chi connectivity index (χ2n) is 3.44. The molecule has 0 aromatic heterocycles. The van der Waals surface area contributed by atoms with Gasteiger partial charge in [0, 0.05) is 0 Å². The summed E-state index contributed by atoms with van der Waals surface area (Å²) in [4.78, 5) is 0. The molecule has 0 aliphatic rings. The van der Waals surface area contributed by atoms with E-state index in [1.165, 1.54) is 0 Å². The van der Waals surface area contributed by atoms with Gasteiger partial charge >= 0.3 is 88.7 Å². The van der Waals surface area contributed by atoms with Gasteiger partial charge in [-0.2, -0.15) is 25.3 Å². The van der Waals surface area contributed by atoms with Crippen LogP contribution in [0.1, 0.15) is 10.7 Å². The molecule has 110 valence electrons. The first kappa shape index (κ1) is 30.6. The van der Waals surface area contributed by atoms with Crippen LogP contribution in [0.4, 0.5) is 0 Å². The minimum Gasteiger partial charge on any atom is -1.00 e. The van der Waals surface area contributed by atoms with Gasteiger partial charge in [0.2, 0.25) is 0 Å². The summed E-state index contributed by atoms with van der Waals surface area (Å²) in [5.74, 6) is -4.25. The van der Waals surface area contributed by atoms with Crippen molar-refractivity contribution in [3.63, 3.8) is 0 Å². The third-order valence-electron chi connectivity index (χ3n) is 1.68. The van der Waals surface area contributed by atoms with Crippen LogP contribution in [-0.4, -0.2) is 56.2 Å². The van der Waals surface area contributed by atoms with Crippen molar-refractivity contribution in [1.82, 2.24) is 0 Å². The predicted molar refractivity (Wildman–Crippen MR) is 60.7 cm³/mol. The fourth-order valence-electron chi connectivity index (χ4n) is 1.13. The normalized spacial score (nSPS) is 12.0. The Hall–Kier alpha value is 2.73. The van der Waals surface area contributed by atoms with Crippen molar-refractivity contribution in [3.8, 4) is 0 Å². The van der Waals surface area contributed by atoms with Crippen LogP contribution >= 0.6 is 0 Å². The van der Waals surface area contributed by atoms with Crippen molar-refractivity contribution in [2.24, 2.45) is 5.92 Å². The molecule has 0 aromatic rings. The van der Waals surface area contributed by atoms with Gasteiger partial charge in [-0.1, -0.05) is 0 Å². The van der Waals surface area contributed by atoms with Gasteiger partial charge in [0.15, 0.2) is 0 Å². The van der Waals surface area contributed by atoms with Crippen LogP contribution in [0.5, 0.6) is 0 Å². The molecule has 15 heteroatoms. The van der Waals surface area contributed by atoms with E-state index in [0.29, 0.717) is 0 Å². The molecule has 0 rings (SSSR count). The first-order valence-corrected chi connectivity index (χ1v) is 8.97. The van der Waals surface area contributed by atoms with Crippen LogP contribution in [-0.2, 0) is 30.4 Å². The molecule has 0 radical (unpaired) electrons. The summed E-state index contributed by atoms with van der Waals surface area (Å²) in [6.07, 6.45) is -0.529. The van der Waals surface area contributed by atoms with Gasteiger partial charge in [-0.25, -0.2) is 0 Å². The van der Waals surface area contributed by atoms with E-state index in [9.17, 15) is 25.3 Å². The van der Waals surface area contributed by atoms with Gasteiger partial charge < -0.3 is 4.28 Å². The second-order valence-corrected chi connectivity index (χ2v) is 8.00. The maximum Gasteiger partial charge on any atom is 1.00 e. The Balaban J connectivity index is -0.0000000853. The van der Waals surface area contributed by atoms with E-state index >= 15 is 0 Å². The van der Waals surface area contributed by atoms with Crippen molar-refractivity contribution in [2.45, 2.75) is 6.42 Å². The third kappa shape index (κ3) is 23.0. The summed E-state index contributed by atoms with van der Waals surface area (Å²) in [7, 11) is -13.4. The average molecular weight is 384 g/mol. The Morgan fingerprint density at radius 3 is 1.20 bits per heavy atom. The van der Waals surface area contributed by atoms with Crippen molar-refractivity contribution in [2.75, 3.05) is 17.3 Å². The minimum absolute atomic E-state index is 0. The fraction of sp³-hybridized carbons (Fsp3) is 1.00. The SMILES string of the molecule is O=S(=O)(O)CCC(CS(=O)(=O)O)CS(=O)(=O)O.[H-].[H-].[H-].[Na+].[Na+].[Na+]. The van der Waals surface area contributed by atoms with E-state index in [0.717, 1.165) is 0 Å². The van der Waals surface area contributed by atoms with E-state index in [-0.39, 0.29) is 93.0 Å². The molecule has 0 aliphatic carbocycles. The Labute approximate surface area is 189 Å². The summed E-state index contributed by atoms with van der Waals surface area (Å²) in [6, 6.07) is 0. The summed E-state index contributed by atoms with van der Waals surface area (Å²) in [5.41, 5.74) is 0.